The Morgan fingerprint density at radius 1 is 1.55 bits per heavy atom. The molecule has 2 unspecified atom stereocenters. The predicted molar refractivity (Wildman–Crippen MR) is 75.7 cm³/mol. The van der Waals surface area contributed by atoms with E-state index in [0.29, 0.717) is 30.4 Å². The number of hydrogen-bond acceptors (Lipinski definition) is 5. The highest BCUT2D eigenvalue weighted by atomic mass is 16.6. The molecular weight excluding hydrogens is 260 g/mol. The Hall–Kier alpha value is -1.63. The van der Waals surface area contributed by atoms with Gasteiger partial charge in [-0.15, -0.1) is 0 Å². The number of rotatable bonds is 6. The van der Waals surface area contributed by atoms with E-state index in [1.54, 1.807) is 11.7 Å². The van der Waals surface area contributed by atoms with Gasteiger partial charge < -0.3 is 10.4 Å². The second kappa shape index (κ2) is 6.21. The van der Waals surface area contributed by atoms with E-state index in [0.717, 1.165) is 25.7 Å². The summed E-state index contributed by atoms with van der Waals surface area (Å²) in [7, 11) is 1.72. The minimum Gasteiger partial charge on any atom is -0.393 e. The fraction of sp³-hybridized carbons (Fsp3) is 0.769. The number of aryl methyl sites for hydroxylation is 2. The van der Waals surface area contributed by atoms with Crippen LogP contribution in [0.2, 0.25) is 0 Å². The van der Waals surface area contributed by atoms with E-state index in [9.17, 15) is 15.2 Å². The van der Waals surface area contributed by atoms with Crippen molar-refractivity contribution < 1.29 is 10.0 Å². The highest BCUT2D eigenvalue weighted by Crippen LogP contribution is 2.31. The van der Waals surface area contributed by atoms with Crippen LogP contribution in [0, 0.1) is 16.0 Å². The molecule has 7 nitrogen and oxygen atoms in total. The smallest absolute Gasteiger partial charge is 0.333 e. The van der Waals surface area contributed by atoms with Gasteiger partial charge in [0.15, 0.2) is 0 Å². The number of aliphatic hydroxyl groups excluding tert-OH is 1. The zero-order valence-electron chi connectivity index (χ0n) is 12.0. The summed E-state index contributed by atoms with van der Waals surface area (Å²) in [5.74, 6) is 0.842. The van der Waals surface area contributed by atoms with E-state index in [-0.39, 0.29) is 16.7 Å². The van der Waals surface area contributed by atoms with E-state index in [1.807, 2.05) is 6.92 Å². The molecule has 0 spiro atoms. The van der Waals surface area contributed by atoms with Crippen LogP contribution in [-0.4, -0.2) is 32.5 Å². The van der Waals surface area contributed by atoms with Crippen LogP contribution in [0.3, 0.4) is 0 Å². The molecule has 20 heavy (non-hydrogen) atoms. The molecule has 0 aromatic carbocycles. The van der Waals surface area contributed by atoms with Gasteiger partial charge in [-0.05, 0) is 31.6 Å². The van der Waals surface area contributed by atoms with Crippen molar-refractivity contribution in [3.05, 3.63) is 15.8 Å². The summed E-state index contributed by atoms with van der Waals surface area (Å²) in [5.41, 5.74) is 0.627. The van der Waals surface area contributed by atoms with Crippen LogP contribution in [0.1, 0.15) is 38.3 Å². The highest BCUT2D eigenvalue weighted by molar-refractivity contribution is 5.59. The standard InChI is InChI=1S/C13H22N4O3/c1-3-4-11-12(17(19)20)13(16(2)15-11)14-8-9-5-6-10(18)7-9/h9-10,14,18H,3-8H2,1-2H3. The number of nitrogens with zero attached hydrogens (tertiary/aromatic N) is 3. The number of anilines is 1. The summed E-state index contributed by atoms with van der Waals surface area (Å²) in [6.45, 7) is 2.62. The maximum atomic E-state index is 11.3. The first-order valence-electron chi connectivity index (χ1n) is 7.15. The Morgan fingerprint density at radius 3 is 2.85 bits per heavy atom. The number of aromatic nitrogens is 2. The second-order valence-corrected chi connectivity index (χ2v) is 5.49. The lowest BCUT2D eigenvalue weighted by Gasteiger charge is -2.11. The third-order valence-corrected chi connectivity index (χ3v) is 3.83. The Bertz CT molecular complexity index is 486. The molecule has 2 N–H and O–H groups in total. The van der Waals surface area contributed by atoms with Crippen LogP contribution < -0.4 is 5.32 Å². The van der Waals surface area contributed by atoms with Crippen molar-refractivity contribution >= 4 is 11.5 Å². The topological polar surface area (TPSA) is 93.2 Å². The van der Waals surface area contributed by atoms with Gasteiger partial charge in [-0.1, -0.05) is 13.3 Å². The minimum absolute atomic E-state index is 0.0906. The first kappa shape index (κ1) is 14.8. The third kappa shape index (κ3) is 3.09. The average molecular weight is 282 g/mol. The van der Waals surface area contributed by atoms with Crippen LogP contribution in [0.15, 0.2) is 0 Å². The number of nitrogens with one attached hydrogen (secondary N) is 1. The molecule has 2 rings (SSSR count). The molecule has 0 amide bonds. The van der Waals surface area contributed by atoms with Crippen LogP contribution in [0.4, 0.5) is 11.5 Å². The van der Waals surface area contributed by atoms with E-state index in [2.05, 4.69) is 10.4 Å². The van der Waals surface area contributed by atoms with Crippen molar-refractivity contribution in [2.75, 3.05) is 11.9 Å². The molecule has 0 aliphatic heterocycles. The van der Waals surface area contributed by atoms with Crippen molar-refractivity contribution in [2.24, 2.45) is 13.0 Å². The van der Waals surface area contributed by atoms with Gasteiger partial charge in [-0.2, -0.15) is 5.10 Å². The zero-order valence-corrected chi connectivity index (χ0v) is 12.0. The Kier molecular flexibility index (Phi) is 4.59. The molecule has 0 saturated heterocycles. The average Bonchev–Trinajstić information content (AvgIpc) is 2.91. The molecule has 1 aromatic heterocycles. The Balaban J connectivity index is 2.11. The zero-order chi connectivity index (χ0) is 14.7. The van der Waals surface area contributed by atoms with Gasteiger partial charge >= 0.3 is 5.69 Å². The van der Waals surface area contributed by atoms with Crippen LogP contribution >= 0.6 is 0 Å². The van der Waals surface area contributed by atoms with Crippen LogP contribution in [0.5, 0.6) is 0 Å². The molecule has 1 saturated carbocycles. The van der Waals surface area contributed by atoms with Crippen molar-refractivity contribution in [1.29, 1.82) is 0 Å². The molecule has 112 valence electrons. The summed E-state index contributed by atoms with van der Waals surface area (Å²) in [6.07, 6.45) is 3.75. The SMILES string of the molecule is CCCc1nn(C)c(NCC2CCC(O)C2)c1[N+](=O)[O-]. The van der Waals surface area contributed by atoms with Gasteiger partial charge in [0.25, 0.3) is 0 Å². The summed E-state index contributed by atoms with van der Waals surface area (Å²) >= 11 is 0. The van der Waals surface area contributed by atoms with Crippen LogP contribution in [0.25, 0.3) is 0 Å². The van der Waals surface area contributed by atoms with Crippen molar-refractivity contribution in [1.82, 2.24) is 9.78 Å². The molecule has 1 aromatic rings. The summed E-state index contributed by atoms with van der Waals surface area (Å²) in [6, 6.07) is 0. The molecule has 0 bridgehead atoms. The van der Waals surface area contributed by atoms with E-state index >= 15 is 0 Å². The summed E-state index contributed by atoms with van der Waals surface area (Å²) in [5, 5.41) is 28.2. The minimum atomic E-state index is -0.357. The third-order valence-electron chi connectivity index (χ3n) is 3.83. The molecule has 1 aliphatic rings. The molecule has 1 aliphatic carbocycles. The lowest BCUT2D eigenvalue weighted by atomic mass is 10.1. The quantitative estimate of drug-likeness (QED) is 0.613. The lowest BCUT2D eigenvalue weighted by Crippen LogP contribution is -2.15. The number of aliphatic hydroxyl groups is 1. The maximum absolute atomic E-state index is 11.3. The fourth-order valence-corrected chi connectivity index (χ4v) is 2.84. The van der Waals surface area contributed by atoms with Gasteiger partial charge in [0.2, 0.25) is 5.82 Å². The van der Waals surface area contributed by atoms with Crippen molar-refractivity contribution in [3.63, 3.8) is 0 Å². The first-order valence-corrected chi connectivity index (χ1v) is 7.15. The Labute approximate surface area is 118 Å². The van der Waals surface area contributed by atoms with E-state index in [1.165, 1.54) is 0 Å². The fourth-order valence-electron chi connectivity index (χ4n) is 2.84. The molecule has 2 atom stereocenters. The number of nitro groups is 1. The molecular formula is C13H22N4O3. The maximum Gasteiger partial charge on any atom is 0.333 e. The molecule has 7 heteroatoms. The van der Waals surface area contributed by atoms with Gasteiger partial charge in [-0.25, -0.2) is 4.68 Å². The molecule has 1 heterocycles. The predicted octanol–water partition coefficient (Wildman–Crippen LogP) is 1.85. The normalized spacial score (nSPS) is 22.1. The van der Waals surface area contributed by atoms with Crippen molar-refractivity contribution in [2.45, 2.75) is 45.1 Å². The van der Waals surface area contributed by atoms with Crippen molar-refractivity contribution in [3.8, 4) is 0 Å². The van der Waals surface area contributed by atoms with E-state index < -0.39 is 0 Å². The first-order chi connectivity index (χ1) is 9.52. The van der Waals surface area contributed by atoms with Crippen LogP contribution in [-0.2, 0) is 13.5 Å². The molecule has 1 fully saturated rings. The lowest BCUT2D eigenvalue weighted by molar-refractivity contribution is -0.384. The summed E-state index contributed by atoms with van der Waals surface area (Å²) in [4.78, 5) is 10.9. The largest absolute Gasteiger partial charge is 0.393 e. The highest BCUT2D eigenvalue weighted by Gasteiger charge is 2.28. The van der Waals surface area contributed by atoms with E-state index in [4.69, 9.17) is 0 Å². The molecule has 0 radical (unpaired) electrons. The second-order valence-electron chi connectivity index (χ2n) is 5.49. The monoisotopic (exact) mass is 282 g/mol. The van der Waals surface area contributed by atoms with Gasteiger partial charge in [-0.3, -0.25) is 10.1 Å². The van der Waals surface area contributed by atoms with Gasteiger partial charge in [0.1, 0.15) is 5.69 Å². The Morgan fingerprint density at radius 2 is 2.30 bits per heavy atom. The summed E-state index contributed by atoms with van der Waals surface area (Å²) < 4.78 is 1.55. The van der Waals surface area contributed by atoms with Gasteiger partial charge in [0.05, 0.1) is 11.0 Å². The number of hydrogen-bond donors (Lipinski definition) is 2. The van der Waals surface area contributed by atoms with Gasteiger partial charge in [0, 0.05) is 13.6 Å².